The molecule has 4 rings (SSSR count). The SMILES string of the molecule is [C-]#[N+]CN1CC[C@@H](O)[C@H]([C@@H]2c3ccccc3-c3cncn32)C1. The van der Waals surface area contributed by atoms with Gasteiger partial charge in [-0.1, -0.05) is 24.3 Å². The van der Waals surface area contributed by atoms with Gasteiger partial charge in [0.2, 0.25) is 0 Å². The van der Waals surface area contributed by atoms with Crippen LogP contribution in [0.2, 0.25) is 0 Å². The zero-order valence-electron chi connectivity index (χ0n) is 12.3. The number of benzene rings is 1. The number of fused-ring (bicyclic) bond motifs is 3. The molecule has 0 radical (unpaired) electrons. The van der Waals surface area contributed by atoms with Gasteiger partial charge in [0.1, 0.15) is 0 Å². The van der Waals surface area contributed by atoms with Crippen LogP contribution in [0.5, 0.6) is 0 Å². The number of nitrogens with zero attached hydrogens (tertiary/aromatic N) is 4. The van der Waals surface area contributed by atoms with Crippen LogP contribution >= 0.6 is 0 Å². The lowest BCUT2D eigenvalue weighted by atomic mass is 9.84. The van der Waals surface area contributed by atoms with Gasteiger partial charge in [-0.3, -0.25) is 4.85 Å². The Morgan fingerprint density at radius 2 is 2.23 bits per heavy atom. The second-order valence-electron chi connectivity index (χ2n) is 6.11. The molecule has 1 saturated heterocycles. The van der Waals surface area contributed by atoms with Crippen molar-refractivity contribution < 1.29 is 5.11 Å². The highest BCUT2D eigenvalue weighted by molar-refractivity contribution is 5.69. The van der Waals surface area contributed by atoms with E-state index in [0.717, 1.165) is 25.2 Å². The zero-order chi connectivity index (χ0) is 15.1. The number of aliphatic hydroxyl groups excluding tert-OH is 1. The molecule has 5 heteroatoms. The second-order valence-corrected chi connectivity index (χ2v) is 6.11. The van der Waals surface area contributed by atoms with E-state index < -0.39 is 0 Å². The third kappa shape index (κ3) is 1.96. The molecule has 1 aromatic carbocycles. The van der Waals surface area contributed by atoms with Gasteiger partial charge in [-0.2, -0.15) is 0 Å². The highest BCUT2D eigenvalue weighted by atomic mass is 16.3. The van der Waals surface area contributed by atoms with Gasteiger partial charge in [-0.15, -0.1) is 0 Å². The fraction of sp³-hybridized carbons (Fsp3) is 0.412. The molecule has 3 atom stereocenters. The fourth-order valence-electron chi connectivity index (χ4n) is 3.89. The van der Waals surface area contributed by atoms with Crippen molar-refractivity contribution in [2.45, 2.75) is 18.6 Å². The van der Waals surface area contributed by atoms with E-state index in [1.807, 2.05) is 18.6 Å². The maximum Gasteiger partial charge on any atom is 0.270 e. The molecule has 2 aliphatic heterocycles. The molecule has 0 spiro atoms. The third-order valence-electron chi connectivity index (χ3n) is 4.90. The number of piperidine rings is 1. The molecular formula is C17H18N4O. The predicted octanol–water partition coefficient (Wildman–Crippen LogP) is 2.01. The standard InChI is InChI=1S/C17H18N4O/c1-18-10-20-7-6-16(22)14(9-20)17-13-5-3-2-4-12(13)15-8-19-11-21(15)17/h2-5,8,11,14,16-17,22H,6-7,9-10H2/t14-,16-,17+/m1/s1. The van der Waals surface area contributed by atoms with Crippen molar-refractivity contribution in [3.05, 3.63) is 53.8 Å². The van der Waals surface area contributed by atoms with E-state index >= 15 is 0 Å². The largest absolute Gasteiger partial charge is 0.393 e. The van der Waals surface area contributed by atoms with Crippen LogP contribution in [0.3, 0.4) is 0 Å². The summed E-state index contributed by atoms with van der Waals surface area (Å²) in [6.45, 7) is 9.04. The van der Waals surface area contributed by atoms with Crippen LogP contribution in [0.4, 0.5) is 0 Å². The first-order chi connectivity index (χ1) is 10.8. The number of aliphatic hydroxyl groups is 1. The van der Waals surface area contributed by atoms with E-state index in [0.29, 0.717) is 6.67 Å². The molecule has 2 aromatic rings. The fourth-order valence-corrected chi connectivity index (χ4v) is 3.89. The average molecular weight is 294 g/mol. The highest BCUT2D eigenvalue weighted by Crippen LogP contribution is 2.44. The van der Waals surface area contributed by atoms with Crippen molar-refractivity contribution in [1.29, 1.82) is 0 Å². The summed E-state index contributed by atoms with van der Waals surface area (Å²) >= 11 is 0. The van der Waals surface area contributed by atoms with Crippen LogP contribution in [-0.2, 0) is 0 Å². The summed E-state index contributed by atoms with van der Waals surface area (Å²) in [5, 5.41) is 10.6. The van der Waals surface area contributed by atoms with E-state index in [-0.39, 0.29) is 18.1 Å². The summed E-state index contributed by atoms with van der Waals surface area (Å²) < 4.78 is 2.18. The summed E-state index contributed by atoms with van der Waals surface area (Å²) in [6.07, 6.45) is 4.14. The number of rotatable bonds is 2. The molecule has 0 unspecified atom stereocenters. The lowest BCUT2D eigenvalue weighted by Crippen LogP contribution is -2.46. The maximum atomic E-state index is 10.6. The quantitative estimate of drug-likeness (QED) is 0.862. The van der Waals surface area contributed by atoms with Crippen molar-refractivity contribution in [3.8, 4) is 11.3 Å². The molecule has 0 aliphatic carbocycles. The molecule has 112 valence electrons. The molecule has 1 fully saturated rings. The lowest BCUT2D eigenvalue weighted by Gasteiger charge is -2.37. The Morgan fingerprint density at radius 1 is 1.36 bits per heavy atom. The van der Waals surface area contributed by atoms with Gasteiger partial charge >= 0.3 is 0 Å². The van der Waals surface area contributed by atoms with Gasteiger partial charge in [0.15, 0.2) is 0 Å². The Hall–Kier alpha value is -2.16. The third-order valence-corrected chi connectivity index (χ3v) is 4.90. The first-order valence-electron chi connectivity index (χ1n) is 7.64. The van der Waals surface area contributed by atoms with Crippen LogP contribution in [0.15, 0.2) is 36.8 Å². The summed E-state index contributed by atoms with van der Waals surface area (Å²) in [7, 11) is 0. The molecule has 0 saturated carbocycles. The predicted molar refractivity (Wildman–Crippen MR) is 83.0 cm³/mol. The van der Waals surface area contributed by atoms with E-state index in [1.54, 1.807) is 0 Å². The normalized spacial score (nSPS) is 27.2. The molecule has 5 nitrogen and oxygen atoms in total. The summed E-state index contributed by atoms with van der Waals surface area (Å²) in [6, 6.07) is 8.47. The maximum absolute atomic E-state index is 10.6. The van der Waals surface area contributed by atoms with E-state index in [9.17, 15) is 5.11 Å². The van der Waals surface area contributed by atoms with E-state index in [2.05, 4.69) is 37.5 Å². The van der Waals surface area contributed by atoms with Gasteiger partial charge < -0.3 is 9.67 Å². The van der Waals surface area contributed by atoms with Crippen molar-refractivity contribution in [2.24, 2.45) is 5.92 Å². The summed E-state index contributed by atoms with van der Waals surface area (Å²) in [5.41, 5.74) is 3.59. The Bertz CT molecular complexity index is 732. The Kier molecular flexibility index (Phi) is 3.21. The number of imidazole rings is 1. The lowest BCUT2D eigenvalue weighted by molar-refractivity contribution is 0.0142. The first kappa shape index (κ1) is 13.5. The average Bonchev–Trinajstić information content (AvgIpc) is 3.10. The summed E-state index contributed by atoms with van der Waals surface area (Å²) in [5.74, 6) is 0.0899. The molecular weight excluding hydrogens is 276 g/mol. The number of aromatic nitrogens is 2. The van der Waals surface area contributed by atoms with Crippen LogP contribution in [-0.4, -0.2) is 45.4 Å². The minimum absolute atomic E-state index is 0.0899. The Balaban J connectivity index is 1.74. The van der Waals surface area contributed by atoms with Crippen LogP contribution in [0, 0.1) is 12.5 Å². The van der Waals surface area contributed by atoms with Crippen LogP contribution < -0.4 is 0 Å². The van der Waals surface area contributed by atoms with Crippen molar-refractivity contribution >= 4 is 0 Å². The summed E-state index contributed by atoms with van der Waals surface area (Å²) in [4.78, 5) is 9.93. The molecule has 0 bridgehead atoms. The van der Waals surface area contributed by atoms with Crippen molar-refractivity contribution in [3.63, 3.8) is 0 Å². The molecule has 1 aromatic heterocycles. The number of hydrogen-bond donors (Lipinski definition) is 1. The topological polar surface area (TPSA) is 45.6 Å². The minimum Gasteiger partial charge on any atom is -0.393 e. The smallest absolute Gasteiger partial charge is 0.270 e. The minimum atomic E-state index is -0.339. The Labute approximate surface area is 129 Å². The highest BCUT2D eigenvalue weighted by Gasteiger charge is 2.40. The van der Waals surface area contributed by atoms with E-state index in [1.165, 1.54) is 11.1 Å². The van der Waals surface area contributed by atoms with Crippen molar-refractivity contribution in [1.82, 2.24) is 14.5 Å². The number of likely N-dealkylation sites (tertiary alicyclic amines) is 1. The monoisotopic (exact) mass is 294 g/mol. The number of hydrogen-bond acceptors (Lipinski definition) is 3. The second kappa shape index (κ2) is 5.24. The van der Waals surface area contributed by atoms with E-state index in [4.69, 9.17) is 6.57 Å². The van der Waals surface area contributed by atoms with Crippen LogP contribution in [0.25, 0.3) is 16.1 Å². The van der Waals surface area contributed by atoms with Crippen LogP contribution in [0.1, 0.15) is 18.0 Å². The van der Waals surface area contributed by atoms with Gasteiger partial charge in [0, 0.05) is 24.6 Å². The zero-order valence-corrected chi connectivity index (χ0v) is 12.3. The molecule has 0 amide bonds. The van der Waals surface area contributed by atoms with Gasteiger partial charge in [-0.05, 0) is 12.0 Å². The van der Waals surface area contributed by atoms with Gasteiger partial charge in [-0.25, -0.2) is 16.5 Å². The molecule has 2 aliphatic rings. The van der Waals surface area contributed by atoms with Gasteiger partial charge in [0.05, 0.1) is 30.4 Å². The van der Waals surface area contributed by atoms with Gasteiger partial charge in [0.25, 0.3) is 6.67 Å². The Morgan fingerprint density at radius 3 is 3.09 bits per heavy atom. The van der Waals surface area contributed by atoms with Crippen molar-refractivity contribution in [2.75, 3.05) is 19.8 Å². The first-order valence-corrected chi connectivity index (χ1v) is 7.64. The molecule has 1 N–H and O–H groups in total. The molecule has 22 heavy (non-hydrogen) atoms. The molecule has 3 heterocycles.